The van der Waals surface area contributed by atoms with Crippen LogP contribution in [0.2, 0.25) is 0 Å². The molecule has 2 aliphatic heterocycles. The molecule has 0 bridgehead atoms. The van der Waals surface area contributed by atoms with Crippen molar-refractivity contribution in [1.82, 2.24) is 15.5 Å². The highest BCUT2D eigenvalue weighted by Gasteiger charge is 2.44. The zero-order valence-corrected chi connectivity index (χ0v) is 13.7. The molecule has 4 amide bonds. The quantitative estimate of drug-likeness (QED) is 0.632. The van der Waals surface area contributed by atoms with Crippen LogP contribution in [0.3, 0.4) is 0 Å². The molecule has 0 radical (unpaired) electrons. The lowest BCUT2D eigenvalue weighted by atomic mass is 9.93. The van der Waals surface area contributed by atoms with E-state index in [9.17, 15) is 27.6 Å². The molecule has 3 rings (SSSR count). The number of hydrogen-bond acceptors (Lipinski definition) is 3. The molecule has 0 aliphatic carbocycles. The summed E-state index contributed by atoms with van der Waals surface area (Å²) in [6.07, 6.45) is -3.20. The van der Waals surface area contributed by atoms with Crippen molar-refractivity contribution in [2.24, 2.45) is 0 Å². The fraction of sp³-hybridized carbons (Fsp3) is 0.353. The molecule has 1 aromatic rings. The van der Waals surface area contributed by atoms with E-state index in [0.29, 0.717) is 11.1 Å². The summed E-state index contributed by atoms with van der Waals surface area (Å²) in [5.74, 6) is -0.894. The third kappa shape index (κ3) is 3.16. The molecule has 1 aromatic carbocycles. The molecule has 1 saturated heterocycles. The van der Waals surface area contributed by atoms with Crippen molar-refractivity contribution in [2.45, 2.75) is 37.6 Å². The van der Waals surface area contributed by atoms with E-state index in [-0.39, 0.29) is 31.8 Å². The number of halogens is 3. The number of hydrogen-bond donors (Lipinski definition) is 2. The highest BCUT2D eigenvalue weighted by Crippen LogP contribution is 2.33. The lowest BCUT2D eigenvalue weighted by Gasteiger charge is -2.23. The maximum Gasteiger partial charge on any atom is 0.416 e. The minimum Gasteiger partial charge on any atom is -0.334 e. The number of alkyl halides is 3. The van der Waals surface area contributed by atoms with Crippen LogP contribution in [-0.4, -0.2) is 28.3 Å². The van der Waals surface area contributed by atoms with Crippen LogP contribution in [0.25, 0.3) is 0 Å². The van der Waals surface area contributed by atoms with E-state index in [0.717, 1.165) is 12.1 Å². The van der Waals surface area contributed by atoms with Gasteiger partial charge in [-0.1, -0.05) is 12.1 Å². The monoisotopic (exact) mass is 367 g/mol. The summed E-state index contributed by atoms with van der Waals surface area (Å²) in [4.78, 5) is 37.0. The van der Waals surface area contributed by atoms with Gasteiger partial charge in [-0.2, -0.15) is 13.2 Å². The smallest absolute Gasteiger partial charge is 0.334 e. The number of carbonyl (C=O) groups is 3. The van der Waals surface area contributed by atoms with Crippen molar-refractivity contribution in [3.05, 3.63) is 47.5 Å². The standard InChI is InChI=1S/C17H16F3N3O3/c1-2-16(14(25)21-15(26)22-16)6-5-13(24)23-8-10-3-4-12(17(18,19)20)7-11(10)9-23/h2-4,7H,1,5-6,8-9H2,(H2,21,22,25,26)/t16-/m1/s1. The molecule has 0 aromatic heterocycles. The van der Waals surface area contributed by atoms with Crippen molar-refractivity contribution in [3.63, 3.8) is 0 Å². The van der Waals surface area contributed by atoms with Gasteiger partial charge in [0.05, 0.1) is 5.56 Å². The number of imide groups is 1. The van der Waals surface area contributed by atoms with Gasteiger partial charge in [-0.15, -0.1) is 6.58 Å². The largest absolute Gasteiger partial charge is 0.416 e. The molecule has 0 saturated carbocycles. The van der Waals surface area contributed by atoms with Gasteiger partial charge in [-0.25, -0.2) is 4.79 Å². The molecule has 138 valence electrons. The second kappa shape index (κ2) is 6.15. The highest BCUT2D eigenvalue weighted by atomic mass is 19.4. The van der Waals surface area contributed by atoms with Gasteiger partial charge in [-0.3, -0.25) is 14.9 Å². The number of urea groups is 1. The van der Waals surface area contributed by atoms with Gasteiger partial charge in [0.25, 0.3) is 5.91 Å². The van der Waals surface area contributed by atoms with Crippen LogP contribution < -0.4 is 10.6 Å². The maximum absolute atomic E-state index is 12.8. The predicted octanol–water partition coefficient (Wildman–Crippen LogP) is 2.09. The van der Waals surface area contributed by atoms with Gasteiger partial charge >= 0.3 is 12.2 Å². The Labute approximate surface area is 147 Å². The molecule has 2 aliphatic rings. The minimum atomic E-state index is -4.43. The number of carbonyl (C=O) groups excluding carboxylic acids is 3. The van der Waals surface area contributed by atoms with Crippen molar-refractivity contribution in [2.75, 3.05) is 0 Å². The number of nitrogens with zero attached hydrogens (tertiary/aromatic N) is 1. The van der Waals surface area contributed by atoms with Gasteiger partial charge in [-0.05, 0) is 29.7 Å². The van der Waals surface area contributed by atoms with Crippen molar-refractivity contribution >= 4 is 17.8 Å². The number of nitrogens with one attached hydrogen (secondary N) is 2. The first-order valence-corrected chi connectivity index (χ1v) is 7.88. The molecule has 2 N–H and O–H groups in total. The Morgan fingerprint density at radius 1 is 1.27 bits per heavy atom. The average Bonchev–Trinajstić information content (AvgIpc) is 3.12. The van der Waals surface area contributed by atoms with Crippen molar-refractivity contribution in [1.29, 1.82) is 0 Å². The first kappa shape index (κ1) is 18.0. The SMILES string of the molecule is C=C[C@]1(CCC(=O)N2Cc3ccc(C(F)(F)F)cc3C2)NC(=O)NC1=O. The molecule has 1 fully saturated rings. The summed E-state index contributed by atoms with van der Waals surface area (Å²) >= 11 is 0. The lowest BCUT2D eigenvalue weighted by Crippen LogP contribution is -2.45. The first-order valence-electron chi connectivity index (χ1n) is 7.88. The van der Waals surface area contributed by atoms with Gasteiger partial charge in [0.1, 0.15) is 5.54 Å². The summed E-state index contributed by atoms with van der Waals surface area (Å²) in [5.41, 5.74) is -0.973. The predicted molar refractivity (Wildman–Crippen MR) is 84.5 cm³/mol. The van der Waals surface area contributed by atoms with E-state index in [4.69, 9.17) is 0 Å². The fourth-order valence-electron chi connectivity index (χ4n) is 3.14. The van der Waals surface area contributed by atoms with E-state index in [1.165, 1.54) is 17.0 Å². The van der Waals surface area contributed by atoms with E-state index in [2.05, 4.69) is 17.2 Å². The van der Waals surface area contributed by atoms with Crippen molar-refractivity contribution in [3.8, 4) is 0 Å². The molecule has 6 nitrogen and oxygen atoms in total. The highest BCUT2D eigenvalue weighted by molar-refractivity contribution is 6.08. The fourth-order valence-corrected chi connectivity index (χ4v) is 3.14. The summed E-state index contributed by atoms with van der Waals surface area (Å²) in [6, 6.07) is 2.77. The number of amides is 4. The second-order valence-electron chi connectivity index (χ2n) is 6.31. The number of rotatable bonds is 4. The summed E-state index contributed by atoms with van der Waals surface area (Å²) in [5, 5.41) is 4.54. The molecule has 1 atom stereocenters. The molecular formula is C17H16F3N3O3. The van der Waals surface area contributed by atoms with Crippen molar-refractivity contribution < 1.29 is 27.6 Å². The Kier molecular flexibility index (Phi) is 4.25. The molecule has 2 heterocycles. The van der Waals surface area contributed by atoms with Gasteiger partial charge in [0.2, 0.25) is 5.91 Å². The van der Waals surface area contributed by atoms with Gasteiger partial charge < -0.3 is 10.2 Å². The Morgan fingerprint density at radius 2 is 1.96 bits per heavy atom. The maximum atomic E-state index is 12.8. The van der Waals surface area contributed by atoms with E-state index < -0.39 is 29.2 Å². The van der Waals surface area contributed by atoms with Crippen LogP contribution in [-0.2, 0) is 28.9 Å². The molecule has 0 spiro atoms. The van der Waals surface area contributed by atoms with E-state index >= 15 is 0 Å². The van der Waals surface area contributed by atoms with E-state index in [1.54, 1.807) is 0 Å². The first-order chi connectivity index (χ1) is 12.1. The topological polar surface area (TPSA) is 78.5 Å². The summed E-state index contributed by atoms with van der Waals surface area (Å²) in [6.45, 7) is 3.83. The Balaban J connectivity index is 1.66. The third-order valence-corrected chi connectivity index (χ3v) is 4.66. The third-order valence-electron chi connectivity index (χ3n) is 4.66. The zero-order chi connectivity index (χ0) is 19.1. The number of benzene rings is 1. The van der Waals surface area contributed by atoms with Gasteiger partial charge in [0, 0.05) is 19.5 Å². The Hall–Kier alpha value is -2.84. The summed E-state index contributed by atoms with van der Waals surface area (Å²) < 4.78 is 38.4. The van der Waals surface area contributed by atoms with E-state index in [1.807, 2.05) is 0 Å². The Bertz CT molecular complexity index is 806. The normalized spacial score (nSPS) is 22.0. The zero-order valence-electron chi connectivity index (χ0n) is 13.7. The number of fused-ring (bicyclic) bond motifs is 1. The van der Waals surface area contributed by atoms with Crippen LogP contribution in [0.5, 0.6) is 0 Å². The average molecular weight is 367 g/mol. The molecule has 0 unspecified atom stereocenters. The lowest BCUT2D eigenvalue weighted by molar-refractivity contribution is -0.137. The summed E-state index contributed by atoms with van der Waals surface area (Å²) in [7, 11) is 0. The molecular weight excluding hydrogens is 351 g/mol. The molecule has 26 heavy (non-hydrogen) atoms. The molecule has 9 heteroatoms. The van der Waals surface area contributed by atoms with Crippen LogP contribution >= 0.6 is 0 Å². The minimum absolute atomic E-state index is 0.0214. The van der Waals surface area contributed by atoms with Crippen LogP contribution in [0.1, 0.15) is 29.5 Å². The second-order valence-corrected chi connectivity index (χ2v) is 6.31. The van der Waals surface area contributed by atoms with Crippen LogP contribution in [0, 0.1) is 0 Å². The Morgan fingerprint density at radius 3 is 2.54 bits per heavy atom. The van der Waals surface area contributed by atoms with Crippen LogP contribution in [0.4, 0.5) is 18.0 Å². The van der Waals surface area contributed by atoms with Crippen LogP contribution in [0.15, 0.2) is 30.9 Å². The van der Waals surface area contributed by atoms with Gasteiger partial charge in [0.15, 0.2) is 0 Å².